The van der Waals surface area contributed by atoms with Crippen molar-refractivity contribution in [2.24, 2.45) is 0 Å². The van der Waals surface area contributed by atoms with Crippen LogP contribution in [0.1, 0.15) is 57.3 Å². The largest absolute Gasteiger partial charge is 0.339 e. The van der Waals surface area contributed by atoms with Gasteiger partial charge in [0, 0.05) is 24.1 Å². The molecule has 6 heteroatoms. The lowest BCUT2D eigenvalue weighted by atomic mass is 9.99. The molecule has 0 radical (unpaired) electrons. The predicted molar refractivity (Wildman–Crippen MR) is 87.8 cm³/mol. The minimum Gasteiger partial charge on any atom is -0.339 e. The lowest BCUT2D eigenvalue weighted by Crippen LogP contribution is -2.34. The molecule has 1 aromatic heterocycles. The molecule has 3 unspecified atom stereocenters. The number of hydrogen-bond donors (Lipinski definition) is 1. The van der Waals surface area contributed by atoms with Crippen LogP contribution in [0, 0.1) is 0 Å². The maximum atomic E-state index is 5.55. The smallest absolute Gasteiger partial charge is 0.231 e. The highest BCUT2D eigenvalue weighted by molar-refractivity contribution is 7.99. The average molecular weight is 312 g/mol. The van der Waals surface area contributed by atoms with Crippen molar-refractivity contribution in [1.82, 2.24) is 20.4 Å². The van der Waals surface area contributed by atoms with E-state index >= 15 is 0 Å². The molecule has 1 N–H and O–H groups in total. The Bertz CT molecular complexity index is 426. The minimum atomic E-state index is 0.254. The molecule has 21 heavy (non-hydrogen) atoms. The number of aromatic nitrogens is 2. The number of rotatable bonds is 7. The van der Waals surface area contributed by atoms with E-state index in [2.05, 4.69) is 48.2 Å². The average Bonchev–Trinajstić information content (AvgIpc) is 2.98. The number of nitrogens with one attached hydrogen (secondary N) is 1. The molecule has 2 heterocycles. The Balaban J connectivity index is 2.03. The summed E-state index contributed by atoms with van der Waals surface area (Å²) < 4.78 is 5.55. The fourth-order valence-electron chi connectivity index (χ4n) is 2.70. The van der Waals surface area contributed by atoms with Gasteiger partial charge < -0.3 is 9.84 Å². The molecule has 1 saturated heterocycles. The first-order valence-electron chi connectivity index (χ1n) is 8.02. The Morgan fingerprint density at radius 3 is 2.95 bits per heavy atom. The molecule has 1 aromatic rings. The van der Waals surface area contributed by atoms with Crippen molar-refractivity contribution in [3.8, 4) is 0 Å². The van der Waals surface area contributed by atoms with Crippen molar-refractivity contribution < 1.29 is 4.52 Å². The second-order valence-corrected chi connectivity index (χ2v) is 6.97. The second-order valence-electron chi connectivity index (χ2n) is 5.82. The van der Waals surface area contributed by atoms with Crippen LogP contribution in [0.3, 0.4) is 0 Å². The highest BCUT2D eigenvalue weighted by atomic mass is 32.2. The van der Waals surface area contributed by atoms with Gasteiger partial charge in [-0.3, -0.25) is 4.90 Å². The normalized spacial score (nSPS) is 23.1. The van der Waals surface area contributed by atoms with Gasteiger partial charge in [0.15, 0.2) is 5.82 Å². The SMILES string of the molecule is CCCNC(CC)C(C)c1nc(C2CSCCN2C)no1. The van der Waals surface area contributed by atoms with E-state index in [1.54, 1.807) is 0 Å². The molecule has 120 valence electrons. The molecule has 3 atom stereocenters. The van der Waals surface area contributed by atoms with E-state index in [9.17, 15) is 0 Å². The highest BCUT2D eigenvalue weighted by Crippen LogP contribution is 2.28. The summed E-state index contributed by atoms with van der Waals surface area (Å²) in [6, 6.07) is 0.689. The summed E-state index contributed by atoms with van der Waals surface area (Å²) in [6.07, 6.45) is 2.21. The lowest BCUT2D eigenvalue weighted by Gasteiger charge is -2.29. The zero-order valence-corrected chi connectivity index (χ0v) is 14.4. The van der Waals surface area contributed by atoms with Crippen molar-refractivity contribution in [1.29, 1.82) is 0 Å². The van der Waals surface area contributed by atoms with Crippen molar-refractivity contribution >= 4 is 11.8 Å². The zero-order valence-electron chi connectivity index (χ0n) is 13.6. The predicted octanol–water partition coefficient (Wildman–Crippen LogP) is 2.67. The molecule has 0 aromatic carbocycles. The maximum Gasteiger partial charge on any atom is 0.231 e. The van der Waals surface area contributed by atoms with Gasteiger partial charge in [0.05, 0.1) is 12.0 Å². The molecule has 0 spiro atoms. The van der Waals surface area contributed by atoms with Crippen LogP contribution in [0.2, 0.25) is 0 Å². The molecule has 1 fully saturated rings. The van der Waals surface area contributed by atoms with Crippen LogP contribution in [0.15, 0.2) is 4.52 Å². The fraction of sp³-hybridized carbons (Fsp3) is 0.867. The molecule has 0 saturated carbocycles. The summed E-state index contributed by atoms with van der Waals surface area (Å²) in [5.41, 5.74) is 0. The molecule has 2 rings (SSSR count). The molecule has 0 aliphatic carbocycles. The van der Waals surface area contributed by atoms with E-state index in [4.69, 9.17) is 4.52 Å². The third-order valence-corrected chi connectivity index (χ3v) is 5.26. The monoisotopic (exact) mass is 312 g/mol. The third-order valence-electron chi connectivity index (χ3n) is 4.24. The maximum absolute atomic E-state index is 5.55. The second kappa shape index (κ2) is 8.15. The van der Waals surface area contributed by atoms with Crippen LogP contribution >= 0.6 is 11.8 Å². The van der Waals surface area contributed by atoms with Crippen LogP contribution < -0.4 is 5.32 Å². The quantitative estimate of drug-likeness (QED) is 0.835. The summed E-state index contributed by atoms with van der Waals surface area (Å²) in [4.78, 5) is 7.01. The van der Waals surface area contributed by atoms with E-state index in [0.717, 1.165) is 43.4 Å². The van der Waals surface area contributed by atoms with E-state index in [0.29, 0.717) is 6.04 Å². The first-order chi connectivity index (χ1) is 10.2. The van der Waals surface area contributed by atoms with Crippen molar-refractivity contribution in [3.05, 3.63) is 11.7 Å². The molecule has 1 aliphatic rings. The summed E-state index contributed by atoms with van der Waals surface area (Å²) in [5.74, 6) is 4.10. The number of thioether (sulfide) groups is 1. The zero-order chi connectivity index (χ0) is 15.2. The summed E-state index contributed by atoms with van der Waals surface area (Å²) in [6.45, 7) is 8.68. The Hall–Kier alpha value is -0.590. The van der Waals surface area contributed by atoms with E-state index < -0.39 is 0 Å². The van der Waals surface area contributed by atoms with Crippen LogP contribution in [0.4, 0.5) is 0 Å². The van der Waals surface area contributed by atoms with E-state index in [1.165, 1.54) is 5.75 Å². The van der Waals surface area contributed by atoms with E-state index in [1.807, 2.05) is 11.8 Å². The minimum absolute atomic E-state index is 0.254. The first-order valence-corrected chi connectivity index (χ1v) is 9.17. The van der Waals surface area contributed by atoms with Gasteiger partial charge in [-0.05, 0) is 26.4 Å². The summed E-state index contributed by atoms with van der Waals surface area (Å²) >= 11 is 1.97. The number of hydrogen-bond acceptors (Lipinski definition) is 6. The molecule has 0 amide bonds. The van der Waals surface area contributed by atoms with Gasteiger partial charge in [0.2, 0.25) is 5.89 Å². The Kier molecular flexibility index (Phi) is 6.51. The standard InChI is InChI=1S/C15H28N4OS/c1-5-7-16-12(6-2)11(3)15-17-14(18-20-15)13-10-21-9-8-19(13)4/h11-13,16H,5-10H2,1-4H3. The lowest BCUT2D eigenvalue weighted by molar-refractivity contribution is 0.255. The Morgan fingerprint density at radius 1 is 1.48 bits per heavy atom. The van der Waals surface area contributed by atoms with Crippen molar-refractivity contribution in [2.75, 3.05) is 31.6 Å². The van der Waals surface area contributed by atoms with E-state index in [-0.39, 0.29) is 12.0 Å². The van der Waals surface area contributed by atoms with Gasteiger partial charge in [-0.15, -0.1) is 0 Å². The van der Waals surface area contributed by atoms with Gasteiger partial charge >= 0.3 is 0 Å². The topological polar surface area (TPSA) is 54.2 Å². The van der Waals surface area contributed by atoms with Gasteiger partial charge in [-0.1, -0.05) is 25.9 Å². The Labute approximate surface area is 132 Å². The third kappa shape index (κ3) is 4.20. The van der Waals surface area contributed by atoms with Crippen LogP contribution in [-0.2, 0) is 0 Å². The molecular formula is C15H28N4OS. The fourth-order valence-corrected chi connectivity index (χ4v) is 3.91. The first kappa shape index (κ1) is 16.8. The van der Waals surface area contributed by atoms with Gasteiger partial charge in [-0.25, -0.2) is 0 Å². The van der Waals surface area contributed by atoms with Crippen LogP contribution in [0.25, 0.3) is 0 Å². The number of nitrogens with zero attached hydrogens (tertiary/aromatic N) is 3. The van der Waals surface area contributed by atoms with Crippen LogP contribution in [0.5, 0.6) is 0 Å². The molecule has 0 bridgehead atoms. The summed E-state index contributed by atoms with van der Waals surface area (Å²) in [5, 5.41) is 7.81. The molecule has 5 nitrogen and oxygen atoms in total. The van der Waals surface area contributed by atoms with Crippen molar-refractivity contribution in [3.63, 3.8) is 0 Å². The van der Waals surface area contributed by atoms with Crippen LogP contribution in [-0.4, -0.2) is 52.7 Å². The molecular weight excluding hydrogens is 284 g/mol. The van der Waals surface area contributed by atoms with Gasteiger partial charge in [-0.2, -0.15) is 16.7 Å². The van der Waals surface area contributed by atoms with Gasteiger partial charge in [0.1, 0.15) is 0 Å². The van der Waals surface area contributed by atoms with Gasteiger partial charge in [0.25, 0.3) is 0 Å². The summed E-state index contributed by atoms with van der Waals surface area (Å²) in [7, 11) is 2.14. The highest BCUT2D eigenvalue weighted by Gasteiger charge is 2.28. The Morgan fingerprint density at radius 2 is 2.29 bits per heavy atom. The molecule has 1 aliphatic heterocycles. The van der Waals surface area contributed by atoms with Crippen molar-refractivity contribution in [2.45, 2.75) is 51.6 Å².